The van der Waals surface area contributed by atoms with E-state index in [1.807, 2.05) is 0 Å². The Morgan fingerprint density at radius 2 is 2.06 bits per heavy atom. The Labute approximate surface area is 208 Å². The molecule has 0 bridgehead atoms. The average Bonchev–Trinajstić information content (AvgIpc) is 3.51. The number of aromatic nitrogens is 3. The fourth-order valence-corrected chi connectivity index (χ4v) is 7.99. The van der Waals surface area contributed by atoms with Crippen LogP contribution >= 0.6 is 34.3 Å². The van der Waals surface area contributed by atoms with Crippen molar-refractivity contribution < 1.29 is 17.6 Å². The van der Waals surface area contributed by atoms with E-state index < -0.39 is 15.9 Å². The molecule has 34 heavy (non-hydrogen) atoms. The molecule has 0 saturated carbocycles. The maximum absolute atomic E-state index is 13.6. The summed E-state index contributed by atoms with van der Waals surface area (Å²) in [6.45, 7) is 2.22. The first-order valence-corrected chi connectivity index (χ1v) is 13.9. The minimum Gasteiger partial charge on any atom is -0.310 e. The van der Waals surface area contributed by atoms with Crippen molar-refractivity contribution in [1.82, 2.24) is 19.1 Å². The van der Waals surface area contributed by atoms with E-state index in [0.29, 0.717) is 50.6 Å². The molecule has 1 atom stereocenters. The second kappa shape index (κ2) is 9.00. The normalized spacial score (nSPS) is 17.3. The largest absolute Gasteiger partial charge is 0.310 e. The number of sulfonamides is 1. The molecule has 4 aromatic rings. The van der Waals surface area contributed by atoms with E-state index in [4.69, 9.17) is 11.6 Å². The van der Waals surface area contributed by atoms with Crippen LogP contribution in [0.4, 0.5) is 10.2 Å². The minimum atomic E-state index is -3.72. The predicted molar refractivity (Wildman–Crippen MR) is 131 cm³/mol. The highest BCUT2D eigenvalue weighted by atomic mass is 35.5. The molecular formula is C21H19ClFN5O3S3. The number of nitrogens with zero attached hydrogens (tertiary/aromatic N) is 4. The molecule has 1 amide bonds. The predicted octanol–water partition coefficient (Wildman–Crippen LogP) is 4.68. The molecule has 1 aliphatic rings. The van der Waals surface area contributed by atoms with Crippen LogP contribution in [0.5, 0.6) is 0 Å². The van der Waals surface area contributed by atoms with Crippen molar-refractivity contribution in [3.63, 3.8) is 0 Å². The van der Waals surface area contributed by atoms with E-state index >= 15 is 0 Å². The van der Waals surface area contributed by atoms with Gasteiger partial charge >= 0.3 is 0 Å². The molecule has 0 aliphatic carbocycles. The van der Waals surface area contributed by atoms with E-state index in [2.05, 4.69) is 15.4 Å². The lowest BCUT2D eigenvalue weighted by Gasteiger charge is -2.30. The zero-order valence-electron chi connectivity index (χ0n) is 17.9. The van der Waals surface area contributed by atoms with Gasteiger partial charge in [0.25, 0.3) is 10.0 Å². The smallest absolute Gasteiger partial charge is 0.252 e. The van der Waals surface area contributed by atoms with Crippen molar-refractivity contribution >= 4 is 66.2 Å². The van der Waals surface area contributed by atoms with Crippen molar-refractivity contribution in [2.45, 2.75) is 24.0 Å². The summed E-state index contributed by atoms with van der Waals surface area (Å²) in [7, 11) is -3.72. The number of thiazole rings is 1. The number of piperidine rings is 1. The maximum atomic E-state index is 13.6. The number of carbonyl (C=O) groups excluding carboxylic acids is 1. The molecule has 8 nitrogen and oxygen atoms in total. The molecule has 1 aliphatic heterocycles. The number of amides is 1. The van der Waals surface area contributed by atoms with E-state index in [1.165, 1.54) is 38.5 Å². The number of hydrogen-bond donors (Lipinski definition) is 1. The number of thiophene rings is 1. The number of nitrogens with one attached hydrogen (secondary N) is 1. The standard InChI is InChI=1S/C21H19ClFN5O3S3/c1-12-9-18(28(26-12)21-24-15-5-4-14(23)10-16(15)32-21)25-20(29)13-3-2-8-27(11-13)34(30,31)19-7-6-17(22)33-19/h4-7,9-10,13H,2-3,8,11H2,1H3,(H,25,29). The molecule has 0 radical (unpaired) electrons. The quantitative estimate of drug-likeness (QED) is 0.397. The zero-order valence-corrected chi connectivity index (χ0v) is 21.1. The number of rotatable bonds is 5. The third kappa shape index (κ3) is 4.48. The number of halogens is 2. The highest BCUT2D eigenvalue weighted by Crippen LogP contribution is 2.32. The van der Waals surface area contributed by atoms with Crippen LogP contribution in [0, 0.1) is 18.7 Å². The highest BCUT2D eigenvalue weighted by Gasteiger charge is 2.34. The SMILES string of the molecule is Cc1cc(NC(=O)C2CCCN(S(=O)(=O)c3ccc(Cl)s3)C2)n(-c2nc3ccc(F)cc3s2)n1. The lowest BCUT2D eigenvalue weighted by atomic mass is 9.99. The second-order valence-electron chi connectivity index (χ2n) is 7.94. The first-order chi connectivity index (χ1) is 16.2. The Balaban J connectivity index is 1.36. The summed E-state index contributed by atoms with van der Waals surface area (Å²) in [5.74, 6) is -0.744. The van der Waals surface area contributed by atoms with Gasteiger partial charge in [0.1, 0.15) is 15.8 Å². The van der Waals surface area contributed by atoms with E-state index in [1.54, 1.807) is 25.1 Å². The van der Waals surface area contributed by atoms with Crippen LogP contribution in [-0.2, 0) is 14.8 Å². The van der Waals surface area contributed by atoms with E-state index in [-0.39, 0.29) is 22.5 Å². The van der Waals surface area contributed by atoms with E-state index in [0.717, 1.165) is 11.3 Å². The van der Waals surface area contributed by atoms with Gasteiger partial charge in [-0.1, -0.05) is 22.9 Å². The van der Waals surface area contributed by atoms with Crippen LogP contribution in [0.15, 0.2) is 40.6 Å². The Kier molecular flexibility index (Phi) is 6.19. The lowest BCUT2D eigenvalue weighted by molar-refractivity contribution is -0.120. The van der Waals surface area contributed by atoms with Crippen molar-refractivity contribution in [2.24, 2.45) is 5.92 Å². The molecule has 1 aromatic carbocycles. The van der Waals surface area contributed by atoms with Crippen molar-refractivity contribution in [1.29, 1.82) is 0 Å². The molecule has 0 spiro atoms. The number of carbonyl (C=O) groups is 1. The van der Waals surface area contributed by atoms with Crippen LogP contribution in [0.2, 0.25) is 4.34 Å². The summed E-state index contributed by atoms with van der Waals surface area (Å²) in [4.78, 5) is 17.6. The van der Waals surface area contributed by atoms with Crippen molar-refractivity contribution in [2.75, 3.05) is 18.4 Å². The Morgan fingerprint density at radius 1 is 1.24 bits per heavy atom. The van der Waals surface area contributed by atoms with Gasteiger partial charge in [0.2, 0.25) is 11.0 Å². The second-order valence-corrected chi connectivity index (χ2v) is 12.8. The fraction of sp³-hybridized carbons (Fsp3) is 0.286. The first kappa shape index (κ1) is 23.4. The van der Waals surface area contributed by atoms with Gasteiger partial charge in [0.15, 0.2) is 0 Å². The average molecular weight is 540 g/mol. The third-order valence-corrected chi connectivity index (χ3v) is 10.1. The Morgan fingerprint density at radius 3 is 2.82 bits per heavy atom. The summed E-state index contributed by atoms with van der Waals surface area (Å²) < 4.78 is 43.6. The molecule has 13 heteroatoms. The van der Waals surface area contributed by atoms with Crippen LogP contribution in [-0.4, -0.2) is 46.5 Å². The van der Waals surface area contributed by atoms with Gasteiger partial charge in [-0.3, -0.25) is 4.79 Å². The van der Waals surface area contributed by atoms with Crippen LogP contribution < -0.4 is 5.32 Å². The highest BCUT2D eigenvalue weighted by molar-refractivity contribution is 7.91. The molecule has 4 heterocycles. The lowest BCUT2D eigenvalue weighted by Crippen LogP contribution is -2.43. The molecule has 5 rings (SSSR count). The fourth-order valence-electron chi connectivity index (χ4n) is 3.88. The number of benzene rings is 1. The topological polar surface area (TPSA) is 97.2 Å². The Bertz CT molecular complexity index is 1500. The molecular weight excluding hydrogens is 521 g/mol. The van der Waals surface area contributed by atoms with Gasteiger partial charge in [0, 0.05) is 19.2 Å². The summed E-state index contributed by atoms with van der Waals surface area (Å²) in [5, 5.41) is 7.81. The number of aryl methyl sites for hydroxylation is 1. The van der Waals surface area contributed by atoms with Gasteiger partial charge in [-0.05, 0) is 50.1 Å². The van der Waals surface area contributed by atoms with Crippen molar-refractivity contribution in [3.05, 3.63) is 52.2 Å². The van der Waals surface area contributed by atoms with Crippen LogP contribution in [0.25, 0.3) is 15.3 Å². The maximum Gasteiger partial charge on any atom is 0.252 e. The third-order valence-electron chi connectivity index (χ3n) is 5.50. The summed E-state index contributed by atoms with van der Waals surface area (Å²) in [6, 6.07) is 9.09. The molecule has 1 fully saturated rings. The van der Waals surface area contributed by atoms with Gasteiger partial charge in [0.05, 0.1) is 26.2 Å². The van der Waals surface area contributed by atoms with Crippen molar-refractivity contribution in [3.8, 4) is 5.13 Å². The summed E-state index contributed by atoms with van der Waals surface area (Å²) >= 11 is 8.17. The van der Waals surface area contributed by atoms with Gasteiger partial charge < -0.3 is 5.32 Å². The summed E-state index contributed by atoms with van der Waals surface area (Å²) in [6.07, 6.45) is 1.13. The van der Waals surface area contributed by atoms with Gasteiger partial charge in [-0.15, -0.1) is 11.3 Å². The van der Waals surface area contributed by atoms with Crippen LogP contribution in [0.1, 0.15) is 18.5 Å². The van der Waals surface area contributed by atoms with E-state index in [9.17, 15) is 17.6 Å². The molecule has 178 valence electrons. The monoisotopic (exact) mass is 539 g/mol. The molecule has 1 saturated heterocycles. The van der Waals surface area contributed by atoms with Gasteiger partial charge in [-0.25, -0.2) is 17.8 Å². The number of hydrogen-bond acceptors (Lipinski definition) is 7. The number of fused-ring (bicyclic) bond motifs is 1. The zero-order chi connectivity index (χ0) is 24.0. The molecule has 3 aromatic heterocycles. The van der Waals surface area contributed by atoms with Gasteiger partial charge in [-0.2, -0.15) is 14.1 Å². The summed E-state index contributed by atoms with van der Waals surface area (Å²) in [5.41, 5.74) is 1.30. The molecule has 1 unspecified atom stereocenters. The minimum absolute atomic E-state index is 0.0806. The number of anilines is 1. The Hall–Kier alpha value is -2.38. The molecule has 1 N–H and O–H groups in total. The first-order valence-electron chi connectivity index (χ1n) is 10.4. The van der Waals surface area contributed by atoms with Crippen LogP contribution in [0.3, 0.4) is 0 Å².